The summed E-state index contributed by atoms with van der Waals surface area (Å²) in [5.74, 6) is 0.151. The molecule has 22 heavy (non-hydrogen) atoms. The Labute approximate surface area is 128 Å². The molecule has 0 aliphatic heterocycles. The molecule has 0 fully saturated rings. The Kier molecular flexibility index (Phi) is 4.98. The van der Waals surface area contributed by atoms with Crippen molar-refractivity contribution < 1.29 is 9.59 Å². The fourth-order valence-corrected chi connectivity index (χ4v) is 1.77. The lowest BCUT2D eigenvalue weighted by Gasteiger charge is -2.08. The predicted molar refractivity (Wildman–Crippen MR) is 84.3 cm³/mol. The van der Waals surface area contributed by atoms with Gasteiger partial charge in [-0.15, -0.1) is 6.58 Å². The van der Waals surface area contributed by atoms with E-state index in [2.05, 4.69) is 27.2 Å². The topological polar surface area (TPSA) is 84.0 Å². The number of nitrogens with zero attached hydrogens (tertiary/aromatic N) is 2. The maximum atomic E-state index is 11.8. The Morgan fingerprint density at radius 2 is 2.09 bits per heavy atom. The van der Waals surface area contributed by atoms with E-state index < -0.39 is 0 Å². The maximum absolute atomic E-state index is 11.8. The summed E-state index contributed by atoms with van der Waals surface area (Å²) in [6.07, 6.45) is 2.89. The molecule has 0 saturated carbocycles. The van der Waals surface area contributed by atoms with E-state index in [0.29, 0.717) is 23.6 Å². The van der Waals surface area contributed by atoms with Gasteiger partial charge in [-0.05, 0) is 19.1 Å². The Morgan fingerprint density at radius 1 is 1.27 bits per heavy atom. The number of anilines is 2. The summed E-state index contributed by atoms with van der Waals surface area (Å²) in [5, 5.41) is 5.69. The van der Waals surface area contributed by atoms with Gasteiger partial charge in [0.1, 0.15) is 17.8 Å². The molecule has 1 amide bonds. The zero-order valence-corrected chi connectivity index (χ0v) is 12.2. The van der Waals surface area contributed by atoms with Crippen molar-refractivity contribution in [3.8, 4) is 0 Å². The smallest absolute Gasteiger partial charge is 0.270 e. The molecular formula is C16H16N4O2. The lowest BCUT2D eigenvalue weighted by Crippen LogP contribution is -2.24. The first-order valence-corrected chi connectivity index (χ1v) is 6.69. The average Bonchev–Trinajstić information content (AvgIpc) is 2.53. The third-order valence-electron chi connectivity index (χ3n) is 2.85. The number of hydrogen-bond acceptors (Lipinski definition) is 5. The lowest BCUT2D eigenvalue weighted by molar-refractivity contribution is 0.0952. The monoisotopic (exact) mass is 296 g/mol. The fourth-order valence-electron chi connectivity index (χ4n) is 1.77. The van der Waals surface area contributed by atoms with Crippen LogP contribution in [0.5, 0.6) is 0 Å². The first kappa shape index (κ1) is 15.4. The maximum Gasteiger partial charge on any atom is 0.270 e. The zero-order chi connectivity index (χ0) is 15.9. The van der Waals surface area contributed by atoms with E-state index in [9.17, 15) is 9.59 Å². The minimum Gasteiger partial charge on any atom is -0.347 e. The van der Waals surface area contributed by atoms with E-state index in [4.69, 9.17) is 0 Å². The van der Waals surface area contributed by atoms with Crippen molar-refractivity contribution in [2.75, 3.05) is 11.9 Å². The second-order valence-corrected chi connectivity index (χ2v) is 4.55. The summed E-state index contributed by atoms with van der Waals surface area (Å²) >= 11 is 0. The first-order chi connectivity index (χ1) is 10.6. The van der Waals surface area contributed by atoms with Gasteiger partial charge in [0.2, 0.25) is 0 Å². The Bertz CT molecular complexity index is 713. The summed E-state index contributed by atoms with van der Waals surface area (Å²) in [6.45, 7) is 5.41. The fraction of sp³-hybridized carbons (Fsp3) is 0.125. The number of Topliss-reactive ketones (excluding diaryl/α,β-unsaturated/α-hetero) is 1. The van der Waals surface area contributed by atoms with E-state index >= 15 is 0 Å². The number of benzene rings is 1. The van der Waals surface area contributed by atoms with Gasteiger partial charge in [0.05, 0.1) is 0 Å². The van der Waals surface area contributed by atoms with Gasteiger partial charge in [-0.2, -0.15) is 0 Å². The van der Waals surface area contributed by atoms with Gasteiger partial charge in [0, 0.05) is 23.9 Å². The minimum absolute atomic E-state index is 0.0178. The van der Waals surface area contributed by atoms with Crippen LogP contribution in [0.4, 0.5) is 11.5 Å². The minimum atomic E-state index is -0.303. The number of aromatic nitrogens is 2. The van der Waals surface area contributed by atoms with Crippen LogP contribution < -0.4 is 10.6 Å². The normalized spacial score (nSPS) is 9.86. The van der Waals surface area contributed by atoms with E-state index in [0.717, 1.165) is 0 Å². The molecule has 0 spiro atoms. The molecule has 1 aromatic heterocycles. The molecule has 2 N–H and O–H groups in total. The summed E-state index contributed by atoms with van der Waals surface area (Å²) in [6, 6.07) is 8.59. The Morgan fingerprint density at radius 3 is 2.82 bits per heavy atom. The van der Waals surface area contributed by atoms with E-state index in [1.807, 2.05) is 6.07 Å². The molecule has 1 aromatic carbocycles. The highest BCUT2D eigenvalue weighted by atomic mass is 16.1. The summed E-state index contributed by atoms with van der Waals surface area (Å²) < 4.78 is 0. The van der Waals surface area contributed by atoms with Gasteiger partial charge in [-0.1, -0.05) is 18.2 Å². The Balaban J connectivity index is 2.16. The molecule has 2 rings (SSSR count). The number of ketones is 1. The number of carbonyl (C=O) groups excluding carboxylic acids is 2. The third kappa shape index (κ3) is 3.99. The van der Waals surface area contributed by atoms with Crippen molar-refractivity contribution in [1.29, 1.82) is 0 Å². The van der Waals surface area contributed by atoms with E-state index in [1.165, 1.54) is 13.3 Å². The van der Waals surface area contributed by atoms with Crippen LogP contribution in [0.3, 0.4) is 0 Å². The molecular weight excluding hydrogens is 280 g/mol. The molecule has 0 atom stereocenters. The number of hydrogen-bond donors (Lipinski definition) is 2. The van der Waals surface area contributed by atoms with Crippen molar-refractivity contribution in [3.05, 3.63) is 60.6 Å². The summed E-state index contributed by atoms with van der Waals surface area (Å²) in [5.41, 5.74) is 1.56. The number of amides is 1. The first-order valence-electron chi connectivity index (χ1n) is 6.69. The van der Waals surface area contributed by atoms with Crippen LogP contribution in [0, 0.1) is 0 Å². The predicted octanol–water partition coefficient (Wildman–Crippen LogP) is 2.34. The van der Waals surface area contributed by atoms with Gasteiger partial charge < -0.3 is 10.6 Å². The highest BCUT2D eigenvalue weighted by molar-refractivity contribution is 5.95. The van der Waals surface area contributed by atoms with Gasteiger partial charge in [0.15, 0.2) is 5.78 Å². The van der Waals surface area contributed by atoms with Gasteiger partial charge in [-0.3, -0.25) is 9.59 Å². The third-order valence-corrected chi connectivity index (χ3v) is 2.85. The van der Waals surface area contributed by atoms with Crippen LogP contribution in [-0.2, 0) is 0 Å². The molecule has 0 saturated heterocycles. The lowest BCUT2D eigenvalue weighted by atomic mass is 10.1. The van der Waals surface area contributed by atoms with Crippen LogP contribution in [0.25, 0.3) is 0 Å². The van der Waals surface area contributed by atoms with Crippen molar-refractivity contribution in [2.24, 2.45) is 0 Å². The molecule has 6 nitrogen and oxygen atoms in total. The second kappa shape index (κ2) is 7.12. The van der Waals surface area contributed by atoms with Crippen LogP contribution in [0.15, 0.2) is 49.3 Å². The average molecular weight is 296 g/mol. The molecule has 0 aliphatic carbocycles. The number of rotatable bonds is 6. The SMILES string of the molecule is C=CCNC(=O)c1cc(Nc2cccc(C(C)=O)c2)ncn1. The molecule has 112 valence electrons. The molecule has 6 heteroatoms. The van der Waals surface area contributed by atoms with Crippen LogP contribution in [0.1, 0.15) is 27.8 Å². The largest absolute Gasteiger partial charge is 0.347 e. The molecule has 0 unspecified atom stereocenters. The molecule has 0 radical (unpaired) electrons. The number of carbonyl (C=O) groups is 2. The van der Waals surface area contributed by atoms with Crippen LogP contribution in [0.2, 0.25) is 0 Å². The molecule has 2 aromatic rings. The zero-order valence-electron chi connectivity index (χ0n) is 12.2. The van der Waals surface area contributed by atoms with Gasteiger partial charge >= 0.3 is 0 Å². The molecule has 0 aliphatic rings. The number of nitrogens with one attached hydrogen (secondary N) is 2. The highest BCUT2D eigenvalue weighted by Gasteiger charge is 2.08. The Hall–Kier alpha value is -3.02. The van der Waals surface area contributed by atoms with Crippen LogP contribution >= 0.6 is 0 Å². The quantitative estimate of drug-likeness (QED) is 0.631. The summed E-state index contributed by atoms with van der Waals surface area (Å²) in [7, 11) is 0. The van der Waals surface area contributed by atoms with E-state index in [-0.39, 0.29) is 17.4 Å². The van der Waals surface area contributed by atoms with Gasteiger partial charge in [0.25, 0.3) is 5.91 Å². The van der Waals surface area contributed by atoms with Crippen molar-refractivity contribution >= 4 is 23.2 Å². The van der Waals surface area contributed by atoms with Crippen molar-refractivity contribution in [2.45, 2.75) is 6.92 Å². The second-order valence-electron chi connectivity index (χ2n) is 4.55. The van der Waals surface area contributed by atoms with Gasteiger partial charge in [-0.25, -0.2) is 9.97 Å². The van der Waals surface area contributed by atoms with Crippen molar-refractivity contribution in [1.82, 2.24) is 15.3 Å². The highest BCUT2D eigenvalue weighted by Crippen LogP contribution is 2.16. The van der Waals surface area contributed by atoms with Crippen LogP contribution in [-0.4, -0.2) is 28.2 Å². The summed E-state index contributed by atoms with van der Waals surface area (Å²) in [4.78, 5) is 31.2. The molecule has 0 bridgehead atoms. The molecule has 1 heterocycles. The van der Waals surface area contributed by atoms with E-state index in [1.54, 1.807) is 30.3 Å². The van der Waals surface area contributed by atoms with Crippen molar-refractivity contribution in [3.63, 3.8) is 0 Å². The standard InChI is InChI=1S/C16H16N4O2/c1-3-7-17-16(22)14-9-15(19-10-18-14)20-13-6-4-5-12(8-13)11(2)21/h3-6,8-10H,1,7H2,2H3,(H,17,22)(H,18,19,20).